The topological polar surface area (TPSA) is 37.4 Å². The molecule has 0 spiro atoms. The summed E-state index contributed by atoms with van der Waals surface area (Å²) in [5.41, 5.74) is -0.699. The second-order valence-corrected chi connectivity index (χ2v) is 4.69. The molecule has 2 heterocycles. The van der Waals surface area contributed by atoms with E-state index in [0.29, 0.717) is 13.2 Å². The molecule has 0 saturated carbocycles. The van der Waals surface area contributed by atoms with E-state index in [1.165, 1.54) is 0 Å². The summed E-state index contributed by atoms with van der Waals surface area (Å²) in [6.07, 6.45) is -3.22. The van der Waals surface area contributed by atoms with Crippen LogP contribution >= 0.6 is 0 Å². The SMILES string of the molecule is CCN1CCOC(CNc2cc(C(F)(F)F)ccn2)C1. The maximum absolute atomic E-state index is 12.6. The number of halogens is 3. The van der Waals surface area contributed by atoms with Crippen molar-refractivity contribution in [1.82, 2.24) is 9.88 Å². The molecule has 0 radical (unpaired) electrons. The standard InChI is InChI=1S/C13H18F3N3O/c1-2-19-5-6-20-11(9-19)8-18-12-7-10(3-4-17-12)13(14,15)16/h3-4,7,11H,2,5-6,8-9H2,1H3,(H,17,18). The zero-order valence-electron chi connectivity index (χ0n) is 11.3. The Kier molecular flexibility index (Phi) is 4.82. The summed E-state index contributed by atoms with van der Waals surface area (Å²) in [6, 6.07) is 1.97. The minimum absolute atomic E-state index is 0.0277. The van der Waals surface area contributed by atoms with E-state index in [2.05, 4.69) is 22.1 Å². The van der Waals surface area contributed by atoms with Crippen LogP contribution in [0.2, 0.25) is 0 Å². The van der Waals surface area contributed by atoms with E-state index in [1.54, 1.807) is 0 Å². The first kappa shape index (κ1) is 15.1. The quantitative estimate of drug-likeness (QED) is 0.922. The maximum Gasteiger partial charge on any atom is 0.416 e. The van der Waals surface area contributed by atoms with Gasteiger partial charge >= 0.3 is 6.18 Å². The minimum atomic E-state index is -4.35. The largest absolute Gasteiger partial charge is 0.416 e. The van der Waals surface area contributed by atoms with Crippen molar-refractivity contribution in [2.75, 3.05) is 38.1 Å². The first-order valence-electron chi connectivity index (χ1n) is 6.60. The molecule has 1 saturated heterocycles. The van der Waals surface area contributed by atoms with E-state index in [1.807, 2.05) is 0 Å². The Hall–Kier alpha value is -1.34. The van der Waals surface area contributed by atoms with Gasteiger partial charge in [0.15, 0.2) is 0 Å². The van der Waals surface area contributed by atoms with Crippen molar-refractivity contribution in [1.29, 1.82) is 0 Å². The number of hydrogen-bond acceptors (Lipinski definition) is 4. The number of hydrogen-bond donors (Lipinski definition) is 1. The van der Waals surface area contributed by atoms with Crippen LogP contribution in [0.3, 0.4) is 0 Å². The molecule has 1 N–H and O–H groups in total. The normalized spacial score (nSPS) is 20.9. The zero-order chi connectivity index (χ0) is 14.6. The van der Waals surface area contributed by atoms with Crippen molar-refractivity contribution >= 4 is 5.82 Å². The number of nitrogens with one attached hydrogen (secondary N) is 1. The Balaban J connectivity index is 1.91. The van der Waals surface area contributed by atoms with E-state index in [0.717, 1.165) is 38.0 Å². The molecule has 20 heavy (non-hydrogen) atoms. The van der Waals surface area contributed by atoms with Crippen molar-refractivity contribution < 1.29 is 17.9 Å². The average molecular weight is 289 g/mol. The molecule has 2 rings (SSSR count). The third-order valence-corrected chi connectivity index (χ3v) is 3.27. The second-order valence-electron chi connectivity index (χ2n) is 4.69. The zero-order valence-corrected chi connectivity index (χ0v) is 11.3. The highest BCUT2D eigenvalue weighted by Crippen LogP contribution is 2.29. The molecular formula is C13H18F3N3O. The highest BCUT2D eigenvalue weighted by molar-refractivity contribution is 5.38. The number of aromatic nitrogens is 1. The van der Waals surface area contributed by atoms with Gasteiger partial charge in [-0.15, -0.1) is 0 Å². The molecule has 0 aliphatic carbocycles. The Labute approximate surface area is 115 Å². The molecule has 1 aromatic heterocycles. The molecule has 1 aromatic rings. The van der Waals surface area contributed by atoms with Crippen LogP contribution in [0.1, 0.15) is 12.5 Å². The van der Waals surface area contributed by atoms with Crippen LogP contribution in [-0.4, -0.2) is 48.8 Å². The van der Waals surface area contributed by atoms with Gasteiger partial charge < -0.3 is 10.1 Å². The van der Waals surface area contributed by atoms with Crippen LogP contribution in [-0.2, 0) is 10.9 Å². The number of nitrogens with zero attached hydrogens (tertiary/aromatic N) is 2. The molecule has 1 atom stereocenters. The van der Waals surface area contributed by atoms with E-state index >= 15 is 0 Å². The highest BCUT2D eigenvalue weighted by Gasteiger charge is 2.30. The Morgan fingerprint density at radius 1 is 1.50 bits per heavy atom. The lowest BCUT2D eigenvalue weighted by molar-refractivity contribution is -0.137. The van der Waals surface area contributed by atoms with Crippen LogP contribution in [0.4, 0.5) is 19.0 Å². The Morgan fingerprint density at radius 3 is 3.00 bits per heavy atom. The summed E-state index contributed by atoms with van der Waals surface area (Å²) in [5, 5.41) is 2.91. The Morgan fingerprint density at radius 2 is 2.30 bits per heavy atom. The first-order valence-corrected chi connectivity index (χ1v) is 6.60. The summed E-state index contributed by atoms with van der Waals surface area (Å²) in [7, 11) is 0. The number of rotatable bonds is 4. The van der Waals surface area contributed by atoms with Crippen LogP contribution in [0.25, 0.3) is 0 Å². The van der Waals surface area contributed by atoms with E-state index in [9.17, 15) is 13.2 Å². The lowest BCUT2D eigenvalue weighted by Crippen LogP contribution is -2.45. The van der Waals surface area contributed by atoms with E-state index < -0.39 is 11.7 Å². The van der Waals surface area contributed by atoms with Crippen LogP contribution in [0.15, 0.2) is 18.3 Å². The monoisotopic (exact) mass is 289 g/mol. The third kappa shape index (κ3) is 4.08. The summed E-state index contributed by atoms with van der Waals surface area (Å²) in [4.78, 5) is 6.14. The maximum atomic E-state index is 12.6. The average Bonchev–Trinajstić information content (AvgIpc) is 2.45. The van der Waals surface area contributed by atoms with Crippen molar-refractivity contribution in [2.45, 2.75) is 19.2 Å². The molecule has 1 aliphatic rings. The van der Waals surface area contributed by atoms with Gasteiger partial charge in [0, 0.05) is 25.8 Å². The predicted octanol–water partition coefficient (Wildman–Crippen LogP) is 2.23. The minimum Gasteiger partial charge on any atom is -0.374 e. The third-order valence-electron chi connectivity index (χ3n) is 3.27. The number of alkyl halides is 3. The lowest BCUT2D eigenvalue weighted by Gasteiger charge is -2.32. The van der Waals surface area contributed by atoms with E-state index in [4.69, 9.17) is 4.74 Å². The van der Waals surface area contributed by atoms with Crippen molar-refractivity contribution in [3.63, 3.8) is 0 Å². The number of likely N-dealkylation sites (N-methyl/N-ethyl adjacent to an activating group) is 1. The number of morpholine rings is 1. The van der Waals surface area contributed by atoms with Gasteiger partial charge in [0.1, 0.15) is 5.82 Å². The molecule has 112 valence electrons. The van der Waals surface area contributed by atoms with E-state index in [-0.39, 0.29) is 11.9 Å². The highest BCUT2D eigenvalue weighted by atomic mass is 19.4. The molecule has 0 aromatic carbocycles. The van der Waals surface area contributed by atoms with Gasteiger partial charge in [0.25, 0.3) is 0 Å². The van der Waals surface area contributed by atoms with Gasteiger partial charge in [-0.2, -0.15) is 13.2 Å². The van der Waals surface area contributed by atoms with Gasteiger partial charge in [0.05, 0.1) is 18.3 Å². The summed E-state index contributed by atoms with van der Waals surface area (Å²) in [5.74, 6) is 0.219. The first-order chi connectivity index (χ1) is 9.49. The van der Waals surface area contributed by atoms with Crippen molar-refractivity contribution in [3.05, 3.63) is 23.9 Å². The van der Waals surface area contributed by atoms with Gasteiger partial charge in [-0.05, 0) is 18.7 Å². The molecule has 1 unspecified atom stereocenters. The van der Waals surface area contributed by atoms with Crippen molar-refractivity contribution in [3.8, 4) is 0 Å². The summed E-state index contributed by atoms with van der Waals surface area (Å²) in [6.45, 7) is 5.80. The molecule has 1 aliphatic heterocycles. The van der Waals surface area contributed by atoms with Gasteiger partial charge in [0.2, 0.25) is 0 Å². The smallest absolute Gasteiger partial charge is 0.374 e. The van der Waals surface area contributed by atoms with Crippen LogP contribution in [0.5, 0.6) is 0 Å². The van der Waals surface area contributed by atoms with Gasteiger partial charge in [-0.1, -0.05) is 6.92 Å². The fourth-order valence-electron chi connectivity index (χ4n) is 2.11. The molecule has 0 amide bonds. The fraction of sp³-hybridized carbons (Fsp3) is 0.615. The van der Waals surface area contributed by atoms with Crippen LogP contribution < -0.4 is 5.32 Å². The number of pyridine rings is 1. The molecule has 4 nitrogen and oxygen atoms in total. The Bertz CT molecular complexity index is 439. The summed E-state index contributed by atoms with van der Waals surface area (Å²) >= 11 is 0. The molecular weight excluding hydrogens is 271 g/mol. The fourth-order valence-corrected chi connectivity index (χ4v) is 2.11. The molecule has 7 heteroatoms. The lowest BCUT2D eigenvalue weighted by atomic mass is 10.2. The number of anilines is 1. The second kappa shape index (κ2) is 6.41. The van der Waals surface area contributed by atoms with Gasteiger partial charge in [-0.25, -0.2) is 4.98 Å². The summed E-state index contributed by atoms with van der Waals surface area (Å²) < 4.78 is 43.3. The molecule has 1 fully saturated rings. The predicted molar refractivity (Wildman–Crippen MR) is 69.6 cm³/mol. The van der Waals surface area contributed by atoms with Crippen molar-refractivity contribution in [2.24, 2.45) is 0 Å². The number of ether oxygens (including phenoxy) is 1. The van der Waals surface area contributed by atoms with Crippen LogP contribution in [0, 0.1) is 0 Å². The van der Waals surface area contributed by atoms with Gasteiger partial charge in [-0.3, -0.25) is 4.90 Å². The molecule has 0 bridgehead atoms.